The van der Waals surface area contributed by atoms with Crippen LogP contribution in [0.2, 0.25) is 0 Å². The molecule has 0 bridgehead atoms. The lowest BCUT2D eigenvalue weighted by Crippen LogP contribution is -1.90. The zero-order valence-corrected chi connectivity index (χ0v) is 8.65. The zero-order valence-electron chi connectivity index (χ0n) is 8.65. The molecular weight excluding hydrogens is 174 g/mol. The van der Waals surface area contributed by atoms with Crippen LogP contribution >= 0.6 is 0 Å². The SMILES string of the molecule is COCCCCN=Cc1ccccc1. The lowest BCUT2D eigenvalue weighted by molar-refractivity contribution is 0.193. The van der Waals surface area contributed by atoms with Crippen molar-refractivity contribution in [2.24, 2.45) is 4.99 Å². The number of methoxy groups -OCH3 is 1. The summed E-state index contributed by atoms with van der Waals surface area (Å²) in [5, 5.41) is 0. The van der Waals surface area contributed by atoms with E-state index in [4.69, 9.17) is 4.74 Å². The first-order chi connectivity index (χ1) is 6.93. The molecular formula is C12H17NO. The maximum atomic E-state index is 4.95. The molecule has 76 valence electrons. The van der Waals surface area contributed by atoms with Crippen molar-refractivity contribution in [3.8, 4) is 0 Å². The van der Waals surface area contributed by atoms with Gasteiger partial charge in [-0.05, 0) is 18.4 Å². The first-order valence-electron chi connectivity index (χ1n) is 4.97. The monoisotopic (exact) mass is 191 g/mol. The van der Waals surface area contributed by atoms with Gasteiger partial charge in [-0.25, -0.2) is 0 Å². The summed E-state index contributed by atoms with van der Waals surface area (Å²) in [5.74, 6) is 0. The number of nitrogens with zero attached hydrogens (tertiary/aromatic N) is 1. The van der Waals surface area contributed by atoms with Gasteiger partial charge in [-0.3, -0.25) is 4.99 Å². The molecule has 2 heteroatoms. The Morgan fingerprint density at radius 1 is 1.21 bits per heavy atom. The van der Waals surface area contributed by atoms with Gasteiger partial charge in [0.25, 0.3) is 0 Å². The smallest absolute Gasteiger partial charge is 0.0462 e. The van der Waals surface area contributed by atoms with E-state index in [0.717, 1.165) is 26.0 Å². The van der Waals surface area contributed by atoms with E-state index >= 15 is 0 Å². The lowest BCUT2D eigenvalue weighted by Gasteiger charge is -1.95. The Morgan fingerprint density at radius 2 is 2.00 bits per heavy atom. The molecule has 0 N–H and O–H groups in total. The van der Waals surface area contributed by atoms with Gasteiger partial charge < -0.3 is 4.74 Å². The van der Waals surface area contributed by atoms with Crippen LogP contribution in [-0.4, -0.2) is 26.5 Å². The zero-order chi connectivity index (χ0) is 10.1. The van der Waals surface area contributed by atoms with E-state index in [1.54, 1.807) is 7.11 Å². The highest BCUT2D eigenvalue weighted by Crippen LogP contribution is 1.95. The highest BCUT2D eigenvalue weighted by atomic mass is 16.5. The van der Waals surface area contributed by atoms with Crippen LogP contribution in [0, 0.1) is 0 Å². The van der Waals surface area contributed by atoms with Gasteiger partial charge in [0, 0.05) is 26.5 Å². The molecule has 0 aromatic heterocycles. The third-order valence-corrected chi connectivity index (χ3v) is 1.93. The molecule has 14 heavy (non-hydrogen) atoms. The minimum absolute atomic E-state index is 0.834. The topological polar surface area (TPSA) is 21.6 Å². The molecule has 0 aliphatic heterocycles. The van der Waals surface area contributed by atoms with Gasteiger partial charge >= 0.3 is 0 Å². The maximum absolute atomic E-state index is 4.95. The third-order valence-electron chi connectivity index (χ3n) is 1.93. The Hall–Kier alpha value is -1.15. The number of hydrogen-bond acceptors (Lipinski definition) is 2. The number of unbranched alkanes of at least 4 members (excludes halogenated alkanes) is 1. The van der Waals surface area contributed by atoms with Crippen molar-refractivity contribution in [2.75, 3.05) is 20.3 Å². The quantitative estimate of drug-likeness (QED) is 0.500. The van der Waals surface area contributed by atoms with Crippen LogP contribution in [0.4, 0.5) is 0 Å². The fraction of sp³-hybridized carbons (Fsp3) is 0.417. The molecule has 0 unspecified atom stereocenters. The lowest BCUT2D eigenvalue weighted by atomic mass is 10.2. The number of benzene rings is 1. The summed E-state index contributed by atoms with van der Waals surface area (Å²) < 4.78 is 4.95. The number of aliphatic imine (C=N–C) groups is 1. The highest BCUT2D eigenvalue weighted by Gasteiger charge is 1.86. The second kappa shape index (κ2) is 7.27. The van der Waals surface area contributed by atoms with Crippen molar-refractivity contribution in [1.82, 2.24) is 0 Å². The Balaban J connectivity index is 2.15. The second-order valence-electron chi connectivity index (χ2n) is 3.15. The Morgan fingerprint density at radius 3 is 2.71 bits per heavy atom. The van der Waals surface area contributed by atoms with Crippen LogP contribution in [0.3, 0.4) is 0 Å². The van der Waals surface area contributed by atoms with Crippen molar-refractivity contribution in [1.29, 1.82) is 0 Å². The third kappa shape index (κ3) is 4.77. The summed E-state index contributed by atoms with van der Waals surface area (Å²) in [4.78, 5) is 4.33. The van der Waals surface area contributed by atoms with Crippen LogP contribution in [-0.2, 0) is 4.74 Å². The normalized spacial score (nSPS) is 10.9. The molecule has 1 aromatic carbocycles. The molecule has 0 saturated heterocycles. The molecule has 0 aliphatic rings. The van der Waals surface area contributed by atoms with E-state index in [1.807, 2.05) is 24.4 Å². The summed E-state index contributed by atoms with van der Waals surface area (Å²) in [6, 6.07) is 10.2. The van der Waals surface area contributed by atoms with Gasteiger partial charge in [0.15, 0.2) is 0 Å². The van der Waals surface area contributed by atoms with Crippen LogP contribution in [0.25, 0.3) is 0 Å². The van der Waals surface area contributed by atoms with Crippen LogP contribution in [0.1, 0.15) is 18.4 Å². The molecule has 1 aromatic rings. The molecule has 0 radical (unpaired) electrons. The Kier molecular flexibility index (Phi) is 5.68. The first-order valence-corrected chi connectivity index (χ1v) is 4.97. The second-order valence-corrected chi connectivity index (χ2v) is 3.15. The first kappa shape index (κ1) is 10.9. The van der Waals surface area contributed by atoms with Crippen LogP contribution in [0.5, 0.6) is 0 Å². The van der Waals surface area contributed by atoms with Gasteiger partial charge in [0.1, 0.15) is 0 Å². The van der Waals surface area contributed by atoms with Crippen molar-refractivity contribution < 1.29 is 4.74 Å². The Labute approximate surface area is 85.6 Å². The van der Waals surface area contributed by atoms with E-state index in [-0.39, 0.29) is 0 Å². The average Bonchev–Trinajstić information content (AvgIpc) is 2.25. The predicted molar refractivity (Wildman–Crippen MR) is 60.0 cm³/mol. The van der Waals surface area contributed by atoms with Gasteiger partial charge in [-0.15, -0.1) is 0 Å². The van der Waals surface area contributed by atoms with E-state index in [1.165, 1.54) is 5.56 Å². The van der Waals surface area contributed by atoms with E-state index in [9.17, 15) is 0 Å². The van der Waals surface area contributed by atoms with Gasteiger partial charge in [-0.2, -0.15) is 0 Å². The molecule has 0 amide bonds. The highest BCUT2D eigenvalue weighted by molar-refractivity contribution is 5.79. The van der Waals surface area contributed by atoms with E-state index in [0.29, 0.717) is 0 Å². The number of hydrogen-bond donors (Lipinski definition) is 0. The van der Waals surface area contributed by atoms with Gasteiger partial charge in [0.05, 0.1) is 0 Å². The van der Waals surface area contributed by atoms with Crippen molar-refractivity contribution in [3.63, 3.8) is 0 Å². The average molecular weight is 191 g/mol. The van der Waals surface area contributed by atoms with E-state index in [2.05, 4.69) is 17.1 Å². The molecule has 2 nitrogen and oxygen atoms in total. The Bertz CT molecular complexity index is 256. The summed E-state index contributed by atoms with van der Waals surface area (Å²) >= 11 is 0. The minimum atomic E-state index is 0.834. The summed E-state index contributed by atoms with van der Waals surface area (Å²) in [7, 11) is 1.73. The molecule has 0 spiro atoms. The van der Waals surface area contributed by atoms with E-state index < -0.39 is 0 Å². The number of rotatable bonds is 6. The fourth-order valence-corrected chi connectivity index (χ4v) is 1.16. The molecule has 0 aliphatic carbocycles. The molecule has 1 rings (SSSR count). The predicted octanol–water partition coefficient (Wildman–Crippen LogP) is 2.53. The standard InChI is InChI=1S/C12H17NO/c1-14-10-6-5-9-13-11-12-7-3-2-4-8-12/h2-4,7-8,11H,5-6,9-10H2,1H3. The molecule has 0 heterocycles. The van der Waals surface area contributed by atoms with Crippen LogP contribution < -0.4 is 0 Å². The molecule has 0 fully saturated rings. The summed E-state index contributed by atoms with van der Waals surface area (Å²) in [6.45, 7) is 1.72. The molecule has 0 atom stereocenters. The van der Waals surface area contributed by atoms with Crippen LogP contribution in [0.15, 0.2) is 35.3 Å². The largest absolute Gasteiger partial charge is 0.385 e. The van der Waals surface area contributed by atoms with Crippen molar-refractivity contribution >= 4 is 6.21 Å². The van der Waals surface area contributed by atoms with Gasteiger partial charge in [-0.1, -0.05) is 30.3 Å². The van der Waals surface area contributed by atoms with Crippen molar-refractivity contribution in [2.45, 2.75) is 12.8 Å². The minimum Gasteiger partial charge on any atom is -0.385 e. The summed E-state index contributed by atoms with van der Waals surface area (Å²) in [6.07, 6.45) is 4.10. The fourth-order valence-electron chi connectivity index (χ4n) is 1.16. The molecule has 0 saturated carbocycles. The van der Waals surface area contributed by atoms with Gasteiger partial charge in [0.2, 0.25) is 0 Å². The number of ether oxygens (including phenoxy) is 1. The maximum Gasteiger partial charge on any atom is 0.0462 e. The summed E-state index contributed by atoms with van der Waals surface area (Å²) in [5.41, 5.74) is 1.17. The van der Waals surface area contributed by atoms with Crippen molar-refractivity contribution in [3.05, 3.63) is 35.9 Å².